The molecule has 0 aliphatic carbocycles. The number of sulfonamides is 1. The van der Waals surface area contributed by atoms with Crippen molar-refractivity contribution in [3.05, 3.63) is 17.0 Å². The Morgan fingerprint density at radius 2 is 2.35 bits per heavy atom. The van der Waals surface area contributed by atoms with E-state index in [-0.39, 0.29) is 0 Å². The third-order valence-electron chi connectivity index (χ3n) is 2.90. The Morgan fingerprint density at radius 3 is 2.94 bits per heavy atom. The van der Waals surface area contributed by atoms with E-state index >= 15 is 0 Å². The Balaban J connectivity index is 2.33. The van der Waals surface area contributed by atoms with Crippen molar-refractivity contribution in [3.63, 3.8) is 0 Å². The molecule has 0 bridgehead atoms. The van der Waals surface area contributed by atoms with Crippen LogP contribution < -0.4 is 0 Å². The first-order valence-electron chi connectivity index (χ1n) is 5.59. The summed E-state index contributed by atoms with van der Waals surface area (Å²) in [6.45, 7) is 2.45. The topological polar surface area (TPSA) is 61.2 Å². The van der Waals surface area contributed by atoms with Crippen molar-refractivity contribution >= 4 is 21.4 Å². The molecule has 1 atom stereocenters. The van der Waals surface area contributed by atoms with E-state index in [9.17, 15) is 8.42 Å². The Hall–Kier alpha value is -0.900. The zero-order valence-electron chi connectivity index (χ0n) is 9.59. The van der Waals surface area contributed by atoms with Gasteiger partial charge in [-0.05, 0) is 31.4 Å². The SMILES string of the molecule is CCc1ccc(S(=O)(=O)N2CCCC2C#N)s1. The van der Waals surface area contributed by atoms with Gasteiger partial charge in [0.1, 0.15) is 10.3 Å². The smallest absolute Gasteiger partial charge is 0.206 e. The number of nitriles is 1. The number of aryl methyl sites for hydroxylation is 1. The highest BCUT2D eigenvalue weighted by Crippen LogP contribution is 2.30. The van der Waals surface area contributed by atoms with Gasteiger partial charge in [-0.25, -0.2) is 8.42 Å². The first-order chi connectivity index (χ1) is 8.09. The van der Waals surface area contributed by atoms with E-state index in [1.807, 2.05) is 13.0 Å². The van der Waals surface area contributed by atoms with Gasteiger partial charge in [-0.1, -0.05) is 6.92 Å². The molecule has 1 fully saturated rings. The number of hydrogen-bond donors (Lipinski definition) is 0. The molecule has 17 heavy (non-hydrogen) atoms. The van der Waals surface area contributed by atoms with Gasteiger partial charge in [0.05, 0.1) is 6.07 Å². The molecule has 1 aromatic heterocycles. The molecular weight excluding hydrogens is 256 g/mol. The maximum Gasteiger partial charge on any atom is 0.253 e. The Labute approximate surface area is 106 Å². The minimum atomic E-state index is -3.46. The number of rotatable bonds is 3. The second-order valence-corrected chi connectivity index (χ2v) is 7.26. The number of nitrogens with zero attached hydrogens (tertiary/aromatic N) is 2. The van der Waals surface area contributed by atoms with Crippen LogP contribution in [0.4, 0.5) is 0 Å². The van der Waals surface area contributed by atoms with Crippen molar-refractivity contribution in [2.45, 2.75) is 36.4 Å². The molecule has 0 aromatic carbocycles. The first kappa shape index (κ1) is 12.6. The van der Waals surface area contributed by atoms with Crippen LogP contribution in [0.5, 0.6) is 0 Å². The van der Waals surface area contributed by atoms with E-state index in [0.717, 1.165) is 17.7 Å². The molecule has 1 saturated heterocycles. The van der Waals surface area contributed by atoms with Crippen molar-refractivity contribution < 1.29 is 8.42 Å². The molecule has 0 spiro atoms. The van der Waals surface area contributed by atoms with Crippen LogP contribution in [0.25, 0.3) is 0 Å². The maximum absolute atomic E-state index is 12.3. The quantitative estimate of drug-likeness (QED) is 0.844. The summed E-state index contributed by atoms with van der Waals surface area (Å²) in [6.07, 6.45) is 2.24. The van der Waals surface area contributed by atoms with Gasteiger partial charge in [-0.15, -0.1) is 11.3 Å². The number of thiophene rings is 1. The van der Waals surface area contributed by atoms with Crippen LogP contribution >= 0.6 is 11.3 Å². The Kier molecular flexibility index (Phi) is 3.52. The van der Waals surface area contributed by atoms with E-state index < -0.39 is 16.1 Å². The van der Waals surface area contributed by atoms with Gasteiger partial charge in [-0.3, -0.25) is 0 Å². The first-order valence-corrected chi connectivity index (χ1v) is 7.85. The van der Waals surface area contributed by atoms with Gasteiger partial charge >= 0.3 is 0 Å². The van der Waals surface area contributed by atoms with Crippen LogP contribution in [0.2, 0.25) is 0 Å². The van der Waals surface area contributed by atoms with Crippen LogP contribution in [0, 0.1) is 11.3 Å². The predicted molar refractivity (Wildman–Crippen MR) is 66.2 cm³/mol. The minimum absolute atomic E-state index is 0.358. The van der Waals surface area contributed by atoms with Crippen LogP contribution in [0.1, 0.15) is 24.6 Å². The molecule has 2 rings (SSSR count). The summed E-state index contributed by atoms with van der Waals surface area (Å²) < 4.78 is 26.3. The minimum Gasteiger partial charge on any atom is -0.206 e. The molecule has 92 valence electrons. The van der Waals surface area contributed by atoms with E-state index in [1.165, 1.54) is 15.6 Å². The molecule has 2 heterocycles. The summed E-state index contributed by atoms with van der Waals surface area (Å²) in [6, 6.07) is 5.06. The molecule has 4 nitrogen and oxygen atoms in total. The summed E-state index contributed by atoms with van der Waals surface area (Å²) in [7, 11) is -3.46. The normalized spacial score (nSPS) is 21.5. The molecule has 6 heteroatoms. The van der Waals surface area contributed by atoms with E-state index in [1.54, 1.807) is 6.07 Å². The van der Waals surface area contributed by atoms with Gasteiger partial charge in [0.25, 0.3) is 10.0 Å². The van der Waals surface area contributed by atoms with Crippen LogP contribution in [-0.4, -0.2) is 25.3 Å². The van der Waals surface area contributed by atoms with Crippen molar-refractivity contribution in [2.75, 3.05) is 6.54 Å². The predicted octanol–water partition coefficient (Wildman–Crippen LogP) is 1.99. The monoisotopic (exact) mass is 270 g/mol. The molecule has 0 saturated carbocycles. The zero-order valence-corrected chi connectivity index (χ0v) is 11.2. The second-order valence-electron chi connectivity index (χ2n) is 3.98. The highest BCUT2D eigenvalue weighted by atomic mass is 32.2. The summed E-state index contributed by atoms with van der Waals surface area (Å²) >= 11 is 1.30. The van der Waals surface area contributed by atoms with Crippen LogP contribution in [0.15, 0.2) is 16.3 Å². The molecule has 0 N–H and O–H groups in total. The highest BCUT2D eigenvalue weighted by Gasteiger charge is 2.36. The summed E-state index contributed by atoms with van der Waals surface area (Å²) in [5, 5.41) is 8.95. The van der Waals surface area contributed by atoms with E-state index in [0.29, 0.717) is 17.2 Å². The Bertz CT molecular complexity index is 542. The average molecular weight is 270 g/mol. The standard InChI is InChI=1S/C11H14N2O2S2/c1-2-10-5-6-11(16-10)17(14,15)13-7-3-4-9(13)8-12/h5-6,9H,2-4,7H2,1H3. The van der Waals surface area contributed by atoms with Crippen molar-refractivity contribution in [2.24, 2.45) is 0 Å². The van der Waals surface area contributed by atoms with Gasteiger partial charge in [0.2, 0.25) is 0 Å². The third-order valence-corrected chi connectivity index (χ3v) is 6.51. The second kappa shape index (κ2) is 4.77. The number of hydrogen-bond acceptors (Lipinski definition) is 4. The zero-order chi connectivity index (χ0) is 12.5. The van der Waals surface area contributed by atoms with Gasteiger partial charge in [-0.2, -0.15) is 9.57 Å². The van der Waals surface area contributed by atoms with Crippen molar-refractivity contribution in [1.82, 2.24) is 4.31 Å². The molecule has 0 radical (unpaired) electrons. The summed E-state index contributed by atoms with van der Waals surface area (Å²) in [5.74, 6) is 0. The fraction of sp³-hybridized carbons (Fsp3) is 0.545. The van der Waals surface area contributed by atoms with Crippen molar-refractivity contribution in [1.29, 1.82) is 5.26 Å². The van der Waals surface area contributed by atoms with Crippen LogP contribution in [-0.2, 0) is 16.4 Å². The maximum atomic E-state index is 12.3. The van der Waals surface area contributed by atoms with Crippen molar-refractivity contribution in [3.8, 4) is 6.07 Å². The lowest BCUT2D eigenvalue weighted by Gasteiger charge is -2.17. The lowest BCUT2D eigenvalue weighted by atomic mass is 10.2. The largest absolute Gasteiger partial charge is 0.253 e. The highest BCUT2D eigenvalue weighted by molar-refractivity contribution is 7.91. The molecule has 1 aliphatic heterocycles. The lowest BCUT2D eigenvalue weighted by molar-refractivity contribution is 0.439. The fourth-order valence-electron chi connectivity index (χ4n) is 1.96. The van der Waals surface area contributed by atoms with Gasteiger partial charge in [0, 0.05) is 11.4 Å². The molecular formula is C11H14N2O2S2. The van der Waals surface area contributed by atoms with Gasteiger partial charge in [0.15, 0.2) is 0 Å². The Morgan fingerprint density at radius 1 is 1.59 bits per heavy atom. The van der Waals surface area contributed by atoms with Gasteiger partial charge < -0.3 is 0 Å². The summed E-state index contributed by atoms with van der Waals surface area (Å²) in [5.41, 5.74) is 0. The molecule has 1 aliphatic rings. The van der Waals surface area contributed by atoms with E-state index in [4.69, 9.17) is 5.26 Å². The average Bonchev–Trinajstić information content (AvgIpc) is 2.97. The molecule has 1 unspecified atom stereocenters. The molecule has 1 aromatic rings. The summed E-state index contributed by atoms with van der Waals surface area (Å²) in [4.78, 5) is 1.05. The van der Waals surface area contributed by atoms with Crippen LogP contribution in [0.3, 0.4) is 0 Å². The lowest BCUT2D eigenvalue weighted by Crippen LogP contribution is -2.34. The fourth-order valence-corrected chi connectivity index (χ4v) is 4.99. The third kappa shape index (κ3) is 2.23. The van der Waals surface area contributed by atoms with E-state index in [2.05, 4.69) is 6.07 Å². The molecule has 0 amide bonds.